The highest BCUT2D eigenvalue weighted by Crippen LogP contribution is 2.43. The highest BCUT2D eigenvalue weighted by atomic mass is 35.5. The van der Waals surface area contributed by atoms with Gasteiger partial charge in [0.05, 0.1) is 18.7 Å². The summed E-state index contributed by atoms with van der Waals surface area (Å²) < 4.78 is 5.53. The molecule has 3 N–H and O–H groups in total. The lowest BCUT2D eigenvalue weighted by atomic mass is 9.90. The maximum absolute atomic E-state index is 12.1. The Labute approximate surface area is 178 Å². The van der Waals surface area contributed by atoms with Crippen LogP contribution in [0.4, 0.5) is 22.0 Å². The number of anilines is 3. The summed E-state index contributed by atoms with van der Waals surface area (Å²) in [5.41, 5.74) is 10.1. The first-order valence-electron chi connectivity index (χ1n) is 9.92. The summed E-state index contributed by atoms with van der Waals surface area (Å²) in [5.74, 6) is 0.359. The molecule has 0 bridgehead atoms. The summed E-state index contributed by atoms with van der Waals surface area (Å²) in [5, 5.41) is 3.17. The molecule has 3 aliphatic rings. The number of hydrogen-bond donors (Lipinski definition) is 2. The van der Waals surface area contributed by atoms with Gasteiger partial charge in [-0.2, -0.15) is 0 Å². The summed E-state index contributed by atoms with van der Waals surface area (Å²) in [4.78, 5) is 31.7. The van der Waals surface area contributed by atoms with Crippen LogP contribution in [0.5, 0.6) is 0 Å². The molecular weight excluding hydrogens is 406 g/mol. The van der Waals surface area contributed by atoms with Crippen LogP contribution in [-0.4, -0.2) is 49.3 Å². The van der Waals surface area contributed by atoms with E-state index in [0.29, 0.717) is 43.9 Å². The molecule has 0 saturated carbocycles. The zero-order chi connectivity index (χ0) is 21.0. The second kappa shape index (κ2) is 6.77. The number of hydrogen-bond acceptors (Lipinski definition) is 6. The van der Waals surface area contributed by atoms with Crippen molar-refractivity contribution >= 4 is 40.8 Å². The molecule has 8 nitrogen and oxygen atoms in total. The van der Waals surface area contributed by atoms with E-state index in [1.165, 1.54) is 0 Å². The molecule has 0 radical (unpaired) electrons. The Kier molecular flexibility index (Phi) is 4.28. The monoisotopic (exact) mass is 427 g/mol. The zero-order valence-electron chi connectivity index (χ0n) is 16.6. The number of aromatic nitrogens is 1. The van der Waals surface area contributed by atoms with Crippen molar-refractivity contribution in [2.45, 2.75) is 24.9 Å². The first-order chi connectivity index (χ1) is 14.4. The Bertz CT molecular complexity index is 1060. The number of benzene rings is 1. The van der Waals surface area contributed by atoms with Gasteiger partial charge in [-0.05, 0) is 23.3 Å². The van der Waals surface area contributed by atoms with Gasteiger partial charge in [0, 0.05) is 50.4 Å². The SMILES string of the molecule is CN1C(=O)Cc2cc(-c3cnc(N)c(Cl)c3N3CCC4(CC3)CNC(=O)O4)ccc21. The zero-order valence-corrected chi connectivity index (χ0v) is 17.3. The Balaban J connectivity index is 1.50. The van der Waals surface area contributed by atoms with Gasteiger partial charge in [-0.3, -0.25) is 4.79 Å². The summed E-state index contributed by atoms with van der Waals surface area (Å²) in [6.45, 7) is 1.89. The van der Waals surface area contributed by atoms with Gasteiger partial charge in [-0.1, -0.05) is 17.7 Å². The lowest BCUT2D eigenvalue weighted by Gasteiger charge is -2.39. The number of amides is 2. The lowest BCUT2D eigenvalue weighted by molar-refractivity contribution is -0.117. The van der Waals surface area contributed by atoms with Crippen LogP contribution in [0, 0.1) is 0 Å². The van der Waals surface area contributed by atoms with Gasteiger partial charge >= 0.3 is 6.09 Å². The fourth-order valence-electron chi connectivity index (χ4n) is 4.57. The number of nitrogens with one attached hydrogen (secondary N) is 1. The van der Waals surface area contributed by atoms with Crippen LogP contribution in [0.25, 0.3) is 11.1 Å². The molecule has 0 unspecified atom stereocenters. The van der Waals surface area contributed by atoms with Gasteiger partial charge in [0.1, 0.15) is 16.4 Å². The summed E-state index contributed by atoms with van der Waals surface area (Å²) in [6, 6.07) is 5.96. The number of halogens is 1. The Morgan fingerprint density at radius 3 is 2.73 bits per heavy atom. The maximum Gasteiger partial charge on any atom is 0.407 e. The average Bonchev–Trinajstić information content (AvgIpc) is 3.23. The molecule has 1 spiro atoms. The molecule has 2 fully saturated rings. The molecule has 2 aromatic rings. The molecule has 4 heterocycles. The number of likely N-dealkylation sites (N-methyl/N-ethyl adjacent to an activating group) is 1. The van der Waals surface area contributed by atoms with Gasteiger partial charge in [0.15, 0.2) is 0 Å². The molecule has 3 aliphatic heterocycles. The summed E-state index contributed by atoms with van der Waals surface area (Å²) in [7, 11) is 1.79. The predicted octanol–water partition coefficient (Wildman–Crippen LogP) is 2.58. The number of nitrogens with two attached hydrogens (primary N) is 1. The third-order valence-corrected chi connectivity index (χ3v) is 6.72. The molecule has 2 amide bonds. The van der Waals surface area contributed by atoms with Gasteiger partial charge in [-0.15, -0.1) is 0 Å². The van der Waals surface area contributed by atoms with Crippen molar-refractivity contribution in [3.05, 3.63) is 35.0 Å². The normalized spacial score (nSPS) is 19.8. The summed E-state index contributed by atoms with van der Waals surface area (Å²) >= 11 is 6.63. The number of carbonyl (C=O) groups is 2. The maximum atomic E-state index is 12.1. The largest absolute Gasteiger partial charge is 0.441 e. The second-order valence-electron chi connectivity index (χ2n) is 8.11. The Hall–Kier alpha value is -3.00. The minimum atomic E-state index is -0.447. The van der Waals surface area contributed by atoms with E-state index in [1.807, 2.05) is 18.2 Å². The van der Waals surface area contributed by atoms with Crippen LogP contribution in [-0.2, 0) is 16.0 Å². The minimum absolute atomic E-state index is 0.0804. The first-order valence-corrected chi connectivity index (χ1v) is 10.3. The van der Waals surface area contributed by atoms with E-state index < -0.39 is 5.60 Å². The highest BCUT2D eigenvalue weighted by Gasteiger charge is 2.43. The standard InChI is InChI=1S/C21H22ClN5O3/c1-26-15-3-2-12(8-13(15)9-16(26)28)14-10-24-19(23)17(22)18(14)27-6-4-21(5-7-27)11-25-20(29)30-21/h2-3,8,10H,4-7,9,11H2,1H3,(H2,23,24)(H,25,29). The molecule has 5 rings (SSSR count). The molecule has 2 saturated heterocycles. The number of piperidine rings is 1. The van der Waals surface area contributed by atoms with Crippen molar-refractivity contribution in [1.29, 1.82) is 0 Å². The first kappa shape index (κ1) is 19.0. The van der Waals surface area contributed by atoms with Crippen LogP contribution in [0.1, 0.15) is 18.4 Å². The van der Waals surface area contributed by atoms with Crippen molar-refractivity contribution < 1.29 is 14.3 Å². The van der Waals surface area contributed by atoms with Crippen molar-refractivity contribution in [2.24, 2.45) is 0 Å². The van der Waals surface area contributed by atoms with Crippen molar-refractivity contribution in [3.8, 4) is 11.1 Å². The van der Waals surface area contributed by atoms with Crippen LogP contribution < -0.4 is 20.9 Å². The van der Waals surface area contributed by atoms with Crippen molar-refractivity contribution in [2.75, 3.05) is 42.2 Å². The van der Waals surface area contributed by atoms with E-state index in [-0.39, 0.29) is 17.8 Å². The van der Waals surface area contributed by atoms with E-state index in [2.05, 4.69) is 15.2 Å². The van der Waals surface area contributed by atoms with Crippen LogP contribution in [0.2, 0.25) is 5.02 Å². The van der Waals surface area contributed by atoms with Gasteiger partial charge < -0.3 is 25.6 Å². The third kappa shape index (κ3) is 2.94. The predicted molar refractivity (Wildman–Crippen MR) is 115 cm³/mol. The molecule has 0 atom stereocenters. The van der Waals surface area contributed by atoms with E-state index in [9.17, 15) is 9.59 Å². The second-order valence-corrected chi connectivity index (χ2v) is 8.48. The number of fused-ring (bicyclic) bond motifs is 1. The Morgan fingerprint density at radius 1 is 1.27 bits per heavy atom. The molecule has 0 aliphatic carbocycles. The molecule has 9 heteroatoms. The topological polar surface area (TPSA) is 101 Å². The Morgan fingerprint density at radius 2 is 2.03 bits per heavy atom. The van der Waals surface area contributed by atoms with E-state index in [0.717, 1.165) is 28.1 Å². The average molecular weight is 428 g/mol. The van der Waals surface area contributed by atoms with Crippen LogP contribution in [0.3, 0.4) is 0 Å². The highest BCUT2D eigenvalue weighted by molar-refractivity contribution is 6.36. The fraction of sp³-hybridized carbons (Fsp3) is 0.381. The molecule has 1 aromatic heterocycles. The van der Waals surface area contributed by atoms with Crippen LogP contribution >= 0.6 is 11.6 Å². The lowest BCUT2D eigenvalue weighted by Crippen LogP contribution is -2.47. The fourth-order valence-corrected chi connectivity index (χ4v) is 4.84. The van der Waals surface area contributed by atoms with Gasteiger partial charge in [0.25, 0.3) is 0 Å². The number of rotatable bonds is 2. The molecular formula is C21H22ClN5O3. The number of alkyl carbamates (subject to hydrolysis) is 1. The number of nitrogens with zero attached hydrogens (tertiary/aromatic N) is 3. The molecule has 1 aromatic carbocycles. The smallest absolute Gasteiger partial charge is 0.407 e. The number of carbonyl (C=O) groups excluding carboxylic acids is 2. The van der Waals surface area contributed by atoms with E-state index >= 15 is 0 Å². The molecule has 30 heavy (non-hydrogen) atoms. The van der Waals surface area contributed by atoms with Gasteiger partial charge in [-0.25, -0.2) is 9.78 Å². The van der Waals surface area contributed by atoms with E-state index in [1.54, 1.807) is 18.1 Å². The van der Waals surface area contributed by atoms with E-state index in [4.69, 9.17) is 22.1 Å². The third-order valence-electron chi connectivity index (χ3n) is 6.34. The minimum Gasteiger partial charge on any atom is -0.441 e. The van der Waals surface area contributed by atoms with Crippen molar-refractivity contribution in [1.82, 2.24) is 10.3 Å². The van der Waals surface area contributed by atoms with Crippen molar-refractivity contribution in [3.63, 3.8) is 0 Å². The number of pyridine rings is 1. The number of nitrogen functional groups attached to an aromatic ring is 1. The summed E-state index contributed by atoms with van der Waals surface area (Å²) in [6.07, 6.45) is 3.17. The van der Waals surface area contributed by atoms with Crippen LogP contribution in [0.15, 0.2) is 24.4 Å². The quantitative estimate of drug-likeness (QED) is 0.764. The van der Waals surface area contributed by atoms with Gasteiger partial charge in [0.2, 0.25) is 5.91 Å². The number of ether oxygens (including phenoxy) is 1. The molecule has 156 valence electrons.